The Balaban J connectivity index is 1.91. The highest BCUT2D eigenvalue weighted by molar-refractivity contribution is 5.99. The first kappa shape index (κ1) is 20.1. The lowest BCUT2D eigenvalue weighted by molar-refractivity contribution is -0.384. The van der Waals surface area contributed by atoms with Crippen LogP contribution in [0.5, 0.6) is 5.75 Å². The number of hydrazone groups is 1. The van der Waals surface area contributed by atoms with Gasteiger partial charge in [0, 0.05) is 17.7 Å². The summed E-state index contributed by atoms with van der Waals surface area (Å²) in [6.45, 7) is 7.85. The van der Waals surface area contributed by atoms with Crippen LogP contribution in [-0.4, -0.2) is 23.1 Å². The van der Waals surface area contributed by atoms with E-state index < -0.39 is 10.8 Å². The van der Waals surface area contributed by atoms with E-state index in [4.69, 9.17) is 4.74 Å². The lowest BCUT2D eigenvalue weighted by Gasteiger charge is -2.19. The molecule has 0 bridgehead atoms. The van der Waals surface area contributed by atoms with Gasteiger partial charge in [0.15, 0.2) is 6.61 Å². The number of hydrogen-bond acceptors (Lipinski definition) is 5. The Morgan fingerprint density at radius 2 is 1.85 bits per heavy atom. The largest absolute Gasteiger partial charge is 0.484 e. The molecular formula is C20H23N3O4. The summed E-state index contributed by atoms with van der Waals surface area (Å²) in [6, 6.07) is 13.6. The number of benzene rings is 2. The second-order valence-corrected chi connectivity index (χ2v) is 7.10. The molecule has 142 valence electrons. The van der Waals surface area contributed by atoms with Crippen molar-refractivity contribution < 1.29 is 14.5 Å². The van der Waals surface area contributed by atoms with Gasteiger partial charge < -0.3 is 4.74 Å². The Labute approximate surface area is 158 Å². The van der Waals surface area contributed by atoms with Crippen molar-refractivity contribution in [1.82, 2.24) is 5.43 Å². The van der Waals surface area contributed by atoms with Crippen molar-refractivity contribution >= 4 is 17.3 Å². The molecule has 2 rings (SSSR count). The van der Waals surface area contributed by atoms with Crippen LogP contribution < -0.4 is 10.2 Å². The normalized spacial score (nSPS) is 11.8. The summed E-state index contributed by atoms with van der Waals surface area (Å²) in [5.74, 6) is 0.178. The second kappa shape index (κ2) is 8.44. The second-order valence-electron chi connectivity index (χ2n) is 7.10. The minimum Gasteiger partial charge on any atom is -0.484 e. The standard InChI is InChI=1S/C20H23N3O4/c1-14(15-6-5-7-17(12-15)23(25)26)21-22-19(24)13-27-18-10-8-16(9-11-18)20(2,3)4/h5-12H,13H2,1-4H3,(H,22,24). The summed E-state index contributed by atoms with van der Waals surface area (Å²) in [7, 11) is 0. The minimum absolute atomic E-state index is 0.0320. The Kier molecular flexibility index (Phi) is 6.28. The first-order valence-electron chi connectivity index (χ1n) is 8.48. The van der Waals surface area contributed by atoms with Crippen LogP contribution in [0, 0.1) is 10.1 Å². The number of nitro benzene ring substituents is 1. The molecule has 27 heavy (non-hydrogen) atoms. The van der Waals surface area contributed by atoms with Gasteiger partial charge in [0.1, 0.15) is 5.75 Å². The number of rotatable bonds is 6. The topological polar surface area (TPSA) is 93.8 Å². The fraction of sp³-hybridized carbons (Fsp3) is 0.300. The summed E-state index contributed by atoms with van der Waals surface area (Å²) < 4.78 is 5.45. The van der Waals surface area contributed by atoms with Crippen molar-refractivity contribution in [3.05, 3.63) is 69.8 Å². The first-order chi connectivity index (χ1) is 12.7. The molecule has 7 heteroatoms. The van der Waals surface area contributed by atoms with E-state index in [0.717, 1.165) is 0 Å². The fourth-order valence-electron chi connectivity index (χ4n) is 2.29. The Hall–Kier alpha value is -3.22. The van der Waals surface area contributed by atoms with E-state index in [9.17, 15) is 14.9 Å². The summed E-state index contributed by atoms with van der Waals surface area (Å²) in [5, 5.41) is 14.8. The van der Waals surface area contributed by atoms with E-state index in [0.29, 0.717) is 17.0 Å². The third kappa shape index (κ3) is 5.91. The van der Waals surface area contributed by atoms with Gasteiger partial charge in [0.25, 0.3) is 11.6 Å². The lowest BCUT2D eigenvalue weighted by Crippen LogP contribution is -2.25. The zero-order valence-electron chi connectivity index (χ0n) is 15.9. The minimum atomic E-state index is -0.478. The molecule has 0 atom stereocenters. The monoisotopic (exact) mass is 369 g/mol. The summed E-state index contributed by atoms with van der Waals surface area (Å²) >= 11 is 0. The highest BCUT2D eigenvalue weighted by atomic mass is 16.6. The van der Waals surface area contributed by atoms with Gasteiger partial charge in [-0.1, -0.05) is 45.0 Å². The van der Waals surface area contributed by atoms with Crippen molar-refractivity contribution in [1.29, 1.82) is 0 Å². The molecule has 0 aliphatic heterocycles. The van der Waals surface area contributed by atoms with Crippen LogP contribution >= 0.6 is 0 Å². The number of carbonyl (C=O) groups is 1. The third-order valence-corrected chi connectivity index (χ3v) is 3.91. The van der Waals surface area contributed by atoms with Crippen LogP contribution in [0.15, 0.2) is 53.6 Å². The van der Waals surface area contributed by atoms with E-state index >= 15 is 0 Å². The number of nitrogens with zero attached hydrogens (tertiary/aromatic N) is 2. The molecule has 1 N–H and O–H groups in total. The van der Waals surface area contributed by atoms with Crippen LogP contribution in [0.1, 0.15) is 38.8 Å². The van der Waals surface area contributed by atoms with Crippen LogP contribution in [-0.2, 0) is 10.2 Å². The van der Waals surface area contributed by atoms with Crippen LogP contribution in [0.3, 0.4) is 0 Å². The maximum Gasteiger partial charge on any atom is 0.277 e. The molecule has 0 aliphatic carbocycles. The van der Waals surface area contributed by atoms with Gasteiger partial charge in [-0.15, -0.1) is 0 Å². The van der Waals surface area contributed by atoms with Crippen molar-refractivity contribution in [2.24, 2.45) is 5.10 Å². The average Bonchev–Trinajstić information content (AvgIpc) is 2.64. The van der Waals surface area contributed by atoms with Crippen LogP contribution in [0.2, 0.25) is 0 Å². The molecule has 0 aromatic heterocycles. The number of ether oxygens (including phenoxy) is 1. The molecule has 0 aliphatic rings. The first-order valence-corrected chi connectivity index (χ1v) is 8.48. The maximum absolute atomic E-state index is 11.9. The molecule has 0 heterocycles. The SMILES string of the molecule is CC(=NNC(=O)COc1ccc(C(C)(C)C)cc1)c1cccc([N+](=O)[O-])c1. The van der Waals surface area contributed by atoms with Gasteiger partial charge in [0.2, 0.25) is 0 Å². The van der Waals surface area contributed by atoms with Gasteiger partial charge in [-0.3, -0.25) is 14.9 Å². The molecule has 0 fully saturated rings. The van der Waals surface area contributed by atoms with Crippen molar-refractivity contribution in [2.45, 2.75) is 33.1 Å². The maximum atomic E-state index is 11.9. The zero-order valence-corrected chi connectivity index (χ0v) is 15.9. The van der Waals surface area contributed by atoms with Crippen LogP contribution in [0.25, 0.3) is 0 Å². The molecule has 2 aromatic rings. The predicted molar refractivity (Wildman–Crippen MR) is 104 cm³/mol. The van der Waals surface area contributed by atoms with E-state index in [-0.39, 0.29) is 17.7 Å². The average molecular weight is 369 g/mol. The molecule has 0 saturated heterocycles. The van der Waals surface area contributed by atoms with Gasteiger partial charge in [-0.05, 0) is 30.0 Å². The lowest BCUT2D eigenvalue weighted by atomic mass is 9.87. The predicted octanol–water partition coefficient (Wildman–Crippen LogP) is 3.81. The summed E-state index contributed by atoms with van der Waals surface area (Å²) in [4.78, 5) is 22.2. The van der Waals surface area contributed by atoms with Crippen LogP contribution in [0.4, 0.5) is 5.69 Å². The number of hydrogen-bond donors (Lipinski definition) is 1. The van der Waals surface area contributed by atoms with Crippen molar-refractivity contribution in [3.8, 4) is 5.75 Å². The van der Waals surface area contributed by atoms with E-state index in [2.05, 4.69) is 31.3 Å². The summed E-state index contributed by atoms with van der Waals surface area (Å²) in [6.07, 6.45) is 0. The Bertz CT molecular complexity index is 852. The zero-order chi connectivity index (χ0) is 20.0. The number of nitrogens with one attached hydrogen (secondary N) is 1. The number of nitro groups is 1. The fourth-order valence-corrected chi connectivity index (χ4v) is 2.29. The van der Waals surface area contributed by atoms with Gasteiger partial charge >= 0.3 is 0 Å². The van der Waals surface area contributed by atoms with E-state index in [1.54, 1.807) is 19.1 Å². The molecular weight excluding hydrogens is 346 g/mol. The Morgan fingerprint density at radius 3 is 2.44 bits per heavy atom. The molecule has 7 nitrogen and oxygen atoms in total. The smallest absolute Gasteiger partial charge is 0.277 e. The highest BCUT2D eigenvalue weighted by Crippen LogP contribution is 2.24. The Morgan fingerprint density at radius 1 is 1.19 bits per heavy atom. The summed E-state index contributed by atoms with van der Waals surface area (Å²) in [5.41, 5.74) is 4.60. The van der Waals surface area contributed by atoms with Gasteiger partial charge in [0.05, 0.1) is 10.6 Å². The van der Waals surface area contributed by atoms with E-state index in [1.807, 2.05) is 24.3 Å². The molecule has 1 amide bonds. The van der Waals surface area contributed by atoms with Gasteiger partial charge in [-0.2, -0.15) is 5.10 Å². The molecule has 0 saturated carbocycles. The number of amides is 1. The van der Waals surface area contributed by atoms with Crippen molar-refractivity contribution in [2.75, 3.05) is 6.61 Å². The highest BCUT2D eigenvalue weighted by Gasteiger charge is 2.13. The molecule has 0 unspecified atom stereocenters. The number of non-ortho nitro benzene ring substituents is 1. The molecule has 0 radical (unpaired) electrons. The van der Waals surface area contributed by atoms with Crippen molar-refractivity contribution in [3.63, 3.8) is 0 Å². The number of carbonyl (C=O) groups excluding carboxylic acids is 1. The quantitative estimate of drug-likeness (QED) is 0.476. The molecule has 2 aromatic carbocycles. The van der Waals surface area contributed by atoms with E-state index in [1.165, 1.54) is 17.7 Å². The third-order valence-electron chi connectivity index (χ3n) is 3.91. The molecule has 0 spiro atoms. The van der Waals surface area contributed by atoms with Gasteiger partial charge in [-0.25, -0.2) is 5.43 Å².